The van der Waals surface area contributed by atoms with Crippen LogP contribution in [0.25, 0.3) is 0 Å². The van der Waals surface area contributed by atoms with Crippen LogP contribution in [-0.4, -0.2) is 60.7 Å². The summed E-state index contributed by atoms with van der Waals surface area (Å²) in [5.41, 5.74) is 0.158. The zero-order valence-corrected chi connectivity index (χ0v) is 13.6. The molecule has 0 radical (unpaired) electrons. The van der Waals surface area contributed by atoms with Gasteiger partial charge in [-0.05, 0) is 18.2 Å². The standard InChI is InChI=1S/C12H18N2O5S2/c1-14(2)21(18,19)9-4-5-11(10(8-9)12(15)16)13-6-7-20(3)17/h4-5,8,13H,6-7H2,1-3H3,(H,15,16). The highest BCUT2D eigenvalue weighted by Crippen LogP contribution is 2.22. The van der Waals surface area contributed by atoms with Gasteiger partial charge in [-0.3, -0.25) is 4.21 Å². The van der Waals surface area contributed by atoms with Gasteiger partial charge < -0.3 is 10.4 Å². The van der Waals surface area contributed by atoms with E-state index in [4.69, 9.17) is 0 Å². The third-order valence-electron chi connectivity index (χ3n) is 2.70. The highest BCUT2D eigenvalue weighted by molar-refractivity contribution is 7.89. The van der Waals surface area contributed by atoms with Crippen LogP contribution in [0.5, 0.6) is 0 Å². The minimum Gasteiger partial charge on any atom is -0.478 e. The first kappa shape index (κ1) is 17.6. The fourth-order valence-corrected chi connectivity index (χ4v) is 2.87. The molecule has 2 N–H and O–H groups in total. The van der Waals surface area contributed by atoms with Gasteiger partial charge in [0.05, 0.1) is 10.5 Å². The number of benzene rings is 1. The third-order valence-corrected chi connectivity index (χ3v) is 5.30. The van der Waals surface area contributed by atoms with Gasteiger partial charge in [0.2, 0.25) is 10.0 Å². The van der Waals surface area contributed by atoms with Crippen LogP contribution in [0.3, 0.4) is 0 Å². The Morgan fingerprint density at radius 3 is 2.48 bits per heavy atom. The van der Waals surface area contributed by atoms with Crippen molar-refractivity contribution in [2.24, 2.45) is 0 Å². The largest absolute Gasteiger partial charge is 0.478 e. The predicted octanol–water partition coefficient (Wildman–Crippen LogP) is 0.426. The highest BCUT2D eigenvalue weighted by Gasteiger charge is 2.20. The Morgan fingerprint density at radius 2 is 2.00 bits per heavy atom. The summed E-state index contributed by atoms with van der Waals surface area (Å²) >= 11 is 0. The Balaban J connectivity index is 3.14. The first-order chi connectivity index (χ1) is 9.66. The molecule has 0 aliphatic rings. The van der Waals surface area contributed by atoms with E-state index in [0.717, 1.165) is 10.4 Å². The average Bonchev–Trinajstić information content (AvgIpc) is 2.37. The van der Waals surface area contributed by atoms with Crippen LogP contribution in [0.15, 0.2) is 23.1 Å². The second kappa shape index (κ2) is 7.01. The van der Waals surface area contributed by atoms with E-state index in [1.165, 1.54) is 26.2 Å². The molecular formula is C12H18N2O5S2. The molecule has 0 bridgehead atoms. The molecule has 1 unspecified atom stereocenters. The summed E-state index contributed by atoms with van der Waals surface area (Å²) in [6.07, 6.45) is 1.55. The van der Waals surface area contributed by atoms with Crippen LogP contribution < -0.4 is 5.32 Å². The average molecular weight is 334 g/mol. The van der Waals surface area contributed by atoms with Crippen molar-refractivity contribution in [2.75, 3.05) is 38.0 Å². The van der Waals surface area contributed by atoms with Crippen molar-refractivity contribution in [3.63, 3.8) is 0 Å². The number of carboxylic acids is 1. The van der Waals surface area contributed by atoms with Crippen molar-refractivity contribution >= 4 is 32.5 Å². The van der Waals surface area contributed by atoms with Gasteiger partial charge in [-0.2, -0.15) is 0 Å². The van der Waals surface area contributed by atoms with E-state index in [2.05, 4.69) is 5.32 Å². The second-order valence-electron chi connectivity index (χ2n) is 4.50. The smallest absolute Gasteiger partial charge is 0.337 e. The summed E-state index contributed by atoms with van der Waals surface area (Å²) in [7, 11) is -1.94. The molecule has 1 aromatic carbocycles. The molecule has 7 nitrogen and oxygen atoms in total. The fraction of sp³-hybridized carbons (Fsp3) is 0.417. The first-order valence-electron chi connectivity index (χ1n) is 6.00. The van der Waals surface area contributed by atoms with Gasteiger partial charge in [0.25, 0.3) is 0 Å². The van der Waals surface area contributed by atoms with E-state index in [0.29, 0.717) is 18.0 Å². The van der Waals surface area contributed by atoms with E-state index in [1.807, 2.05) is 0 Å². The van der Waals surface area contributed by atoms with E-state index in [-0.39, 0.29) is 10.5 Å². The van der Waals surface area contributed by atoms with Gasteiger partial charge in [0, 0.05) is 49.1 Å². The number of nitrogens with one attached hydrogen (secondary N) is 1. The number of carbonyl (C=O) groups is 1. The summed E-state index contributed by atoms with van der Waals surface area (Å²) in [5, 5.41) is 12.0. The van der Waals surface area contributed by atoms with Crippen molar-refractivity contribution in [3.8, 4) is 0 Å². The summed E-state index contributed by atoms with van der Waals surface area (Å²) in [5.74, 6) is -0.859. The van der Waals surface area contributed by atoms with Crippen LogP contribution >= 0.6 is 0 Å². The molecule has 1 atom stereocenters. The minimum absolute atomic E-state index is 0.0884. The number of hydrogen-bond donors (Lipinski definition) is 2. The third kappa shape index (κ3) is 4.51. The Labute approximate surface area is 126 Å². The highest BCUT2D eigenvalue weighted by atomic mass is 32.2. The second-order valence-corrected chi connectivity index (χ2v) is 8.21. The Kier molecular flexibility index (Phi) is 5.87. The van der Waals surface area contributed by atoms with Gasteiger partial charge in [0.15, 0.2) is 0 Å². The number of nitrogens with zero attached hydrogens (tertiary/aromatic N) is 1. The van der Waals surface area contributed by atoms with Crippen molar-refractivity contribution < 1.29 is 22.5 Å². The molecule has 0 spiro atoms. The quantitative estimate of drug-likeness (QED) is 0.749. The van der Waals surface area contributed by atoms with Crippen LogP contribution in [0.4, 0.5) is 5.69 Å². The minimum atomic E-state index is -3.69. The molecule has 1 rings (SSSR count). The molecule has 0 aliphatic carbocycles. The number of sulfonamides is 1. The van der Waals surface area contributed by atoms with Crippen molar-refractivity contribution in [1.82, 2.24) is 4.31 Å². The van der Waals surface area contributed by atoms with Gasteiger partial charge >= 0.3 is 5.97 Å². The fourth-order valence-electron chi connectivity index (χ4n) is 1.56. The van der Waals surface area contributed by atoms with Crippen LogP contribution in [-0.2, 0) is 20.8 Å². The maximum Gasteiger partial charge on any atom is 0.337 e. The Morgan fingerprint density at radius 1 is 1.38 bits per heavy atom. The summed E-state index contributed by atoms with van der Waals surface area (Å²) in [4.78, 5) is 11.2. The molecule has 0 amide bonds. The summed E-state index contributed by atoms with van der Waals surface area (Å²) in [6, 6.07) is 3.86. The molecule has 0 heterocycles. The van der Waals surface area contributed by atoms with E-state index >= 15 is 0 Å². The van der Waals surface area contributed by atoms with E-state index in [1.54, 1.807) is 6.26 Å². The zero-order valence-electron chi connectivity index (χ0n) is 12.0. The van der Waals surface area contributed by atoms with E-state index in [9.17, 15) is 22.5 Å². The van der Waals surface area contributed by atoms with Gasteiger partial charge in [-0.15, -0.1) is 0 Å². The Hall–Kier alpha value is -1.45. The molecule has 9 heteroatoms. The molecule has 118 valence electrons. The molecule has 1 aromatic rings. The lowest BCUT2D eigenvalue weighted by atomic mass is 10.2. The lowest BCUT2D eigenvalue weighted by Gasteiger charge is -2.14. The number of hydrogen-bond acceptors (Lipinski definition) is 5. The van der Waals surface area contributed by atoms with Crippen LogP contribution in [0, 0.1) is 0 Å². The van der Waals surface area contributed by atoms with Gasteiger partial charge in [-0.25, -0.2) is 17.5 Å². The molecule has 21 heavy (non-hydrogen) atoms. The summed E-state index contributed by atoms with van der Waals surface area (Å²) < 4.78 is 36.0. The topological polar surface area (TPSA) is 104 Å². The Bertz CT molecular complexity index is 656. The monoisotopic (exact) mass is 334 g/mol. The van der Waals surface area contributed by atoms with Crippen molar-refractivity contribution in [2.45, 2.75) is 4.90 Å². The zero-order chi connectivity index (χ0) is 16.2. The summed E-state index contributed by atoms with van der Waals surface area (Å²) in [6.45, 7) is 0.336. The van der Waals surface area contributed by atoms with Crippen LogP contribution in [0.1, 0.15) is 10.4 Å². The lowest BCUT2D eigenvalue weighted by Crippen LogP contribution is -2.23. The molecule has 0 aromatic heterocycles. The van der Waals surface area contributed by atoms with Gasteiger partial charge in [-0.1, -0.05) is 0 Å². The molecule has 0 saturated heterocycles. The molecule has 0 fully saturated rings. The SMILES string of the molecule is CN(C)S(=O)(=O)c1ccc(NCCS(C)=O)c(C(=O)O)c1. The maximum atomic E-state index is 12.0. The number of aromatic carboxylic acids is 1. The van der Waals surface area contributed by atoms with Crippen molar-refractivity contribution in [3.05, 3.63) is 23.8 Å². The molecule has 0 saturated carbocycles. The normalized spacial score (nSPS) is 13.1. The van der Waals surface area contributed by atoms with Crippen molar-refractivity contribution in [1.29, 1.82) is 0 Å². The lowest BCUT2D eigenvalue weighted by molar-refractivity contribution is 0.0697. The number of anilines is 1. The molecule has 0 aliphatic heterocycles. The molecular weight excluding hydrogens is 316 g/mol. The van der Waals surface area contributed by atoms with E-state index < -0.39 is 26.8 Å². The number of rotatable bonds is 7. The maximum absolute atomic E-state index is 12.0. The number of carboxylic acid groups (broad SMARTS) is 1. The first-order valence-corrected chi connectivity index (χ1v) is 9.16. The van der Waals surface area contributed by atoms with Crippen LogP contribution in [0.2, 0.25) is 0 Å². The van der Waals surface area contributed by atoms with Gasteiger partial charge in [0.1, 0.15) is 0 Å². The predicted molar refractivity (Wildman–Crippen MR) is 81.7 cm³/mol.